The number of nitrogens with zero attached hydrogens (tertiary/aromatic N) is 3. The number of ether oxygens (including phenoxy) is 1. The molecule has 0 radical (unpaired) electrons. The number of methoxy groups -OCH3 is 1. The zero-order chi connectivity index (χ0) is 19.3. The van der Waals surface area contributed by atoms with Crippen LogP contribution in [0.25, 0.3) is 11.3 Å². The molecule has 0 saturated carbocycles. The van der Waals surface area contributed by atoms with Crippen molar-refractivity contribution in [2.24, 2.45) is 0 Å². The third kappa shape index (κ3) is 3.85. The van der Waals surface area contributed by atoms with Crippen LogP contribution in [0.3, 0.4) is 0 Å². The molecule has 1 aromatic carbocycles. The summed E-state index contributed by atoms with van der Waals surface area (Å²) in [6.45, 7) is 1.86. The molecule has 1 aliphatic rings. The maximum atomic E-state index is 12.7. The molecule has 2 aromatic heterocycles. The molecule has 4 rings (SSSR count). The molecule has 1 atom stereocenters. The molecule has 0 bridgehead atoms. The van der Waals surface area contributed by atoms with Crippen molar-refractivity contribution in [3.63, 3.8) is 0 Å². The topological polar surface area (TPSA) is 98.9 Å². The van der Waals surface area contributed by atoms with Gasteiger partial charge in [-0.2, -0.15) is 5.10 Å². The van der Waals surface area contributed by atoms with Gasteiger partial charge in [0, 0.05) is 49.1 Å². The molecule has 146 valence electrons. The number of urea groups is 1. The molecule has 0 unspecified atom stereocenters. The van der Waals surface area contributed by atoms with Gasteiger partial charge in [0.25, 0.3) is 0 Å². The monoisotopic (exact) mass is 380 g/mol. The van der Waals surface area contributed by atoms with E-state index in [0.29, 0.717) is 13.1 Å². The first-order valence-corrected chi connectivity index (χ1v) is 9.43. The standard InChI is InChI=1S/C20H24N6O2/c1-28-17-6-4-14(5-7-17)18-16(12-24-25-18)11-23-20(27)26-10-2-3-15(13-26)19-21-8-9-22-19/h4-9,12,15H,2-3,10-11,13H2,1H3,(H,21,22)(H,23,27)(H,24,25)/t15-/m1/s1. The van der Waals surface area contributed by atoms with Crippen molar-refractivity contribution >= 4 is 6.03 Å². The number of carbonyl (C=O) groups excluding carboxylic acids is 1. The van der Waals surface area contributed by atoms with Crippen LogP contribution in [-0.2, 0) is 6.54 Å². The Labute approximate surface area is 163 Å². The van der Waals surface area contributed by atoms with Gasteiger partial charge in [-0.3, -0.25) is 5.10 Å². The fourth-order valence-electron chi connectivity index (χ4n) is 3.62. The van der Waals surface area contributed by atoms with Gasteiger partial charge < -0.3 is 19.9 Å². The van der Waals surface area contributed by atoms with Crippen molar-refractivity contribution in [2.75, 3.05) is 20.2 Å². The number of aromatic nitrogens is 4. The number of piperidine rings is 1. The van der Waals surface area contributed by atoms with E-state index in [9.17, 15) is 4.79 Å². The number of amides is 2. The molecule has 3 heterocycles. The number of likely N-dealkylation sites (tertiary alicyclic amines) is 1. The second kappa shape index (κ2) is 8.16. The van der Waals surface area contributed by atoms with Crippen molar-refractivity contribution in [3.05, 3.63) is 54.2 Å². The maximum absolute atomic E-state index is 12.7. The highest BCUT2D eigenvalue weighted by Gasteiger charge is 2.26. The van der Waals surface area contributed by atoms with Crippen LogP contribution < -0.4 is 10.1 Å². The number of nitrogens with one attached hydrogen (secondary N) is 3. The minimum Gasteiger partial charge on any atom is -0.497 e. The molecular formula is C20H24N6O2. The van der Waals surface area contributed by atoms with Gasteiger partial charge in [0.15, 0.2) is 0 Å². The number of imidazole rings is 1. The van der Waals surface area contributed by atoms with Crippen molar-refractivity contribution < 1.29 is 9.53 Å². The van der Waals surface area contributed by atoms with Crippen molar-refractivity contribution in [1.82, 2.24) is 30.4 Å². The fraction of sp³-hybridized carbons (Fsp3) is 0.350. The van der Waals surface area contributed by atoms with E-state index in [2.05, 4.69) is 25.5 Å². The van der Waals surface area contributed by atoms with E-state index < -0.39 is 0 Å². The Kier molecular flexibility index (Phi) is 5.27. The maximum Gasteiger partial charge on any atom is 0.317 e. The lowest BCUT2D eigenvalue weighted by Gasteiger charge is -2.31. The summed E-state index contributed by atoms with van der Waals surface area (Å²) in [5.41, 5.74) is 2.84. The zero-order valence-electron chi connectivity index (χ0n) is 15.8. The van der Waals surface area contributed by atoms with Crippen LogP contribution in [0, 0.1) is 0 Å². The number of H-pyrrole nitrogens is 2. The van der Waals surface area contributed by atoms with Crippen LogP contribution in [0.2, 0.25) is 0 Å². The van der Waals surface area contributed by atoms with E-state index in [4.69, 9.17) is 4.74 Å². The van der Waals surface area contributed by atoms with Gasteiger partial charge in [0.1, 0.15) is 11.6 Å². The van der Waals surface area contributed by atoms with Gasteiger partial charge in [-0.15, -0.1) is 0 Å². The Morgan fingerprint density at radius 2 is 2.21 bits per heavy atom. The number of rotatable bonds is 5. The van der Waals surface area contributed by atoms with Gasteiger partial charge in [-0.1, -0.05) is 0 Å². The van der Waals surface area contributed by atoms with Crippen LogP contribution >= 0.6 is 0 Å². The predicted molar refractivity (Wildman–Crippen MR) is 105 cm³/mol. The first kappa shape index (κ1) is 18.1. The van der Waals surface area contributed by atoms with Crippen molar-refractivity contribution in [1.29, 1.82) is 0 Å². The Morgan fingerprint density at radius 1 is 1.36 bits per heavy atom. The molecule has 1 fully saturated rings. The molecule has 3 aromatic rings. The highest BCUT2D eigenvalue weighted by atomic mass is 16.5. The van der Waals surface area contributed by atoms with Gasteiger partial charge in [0.05, 0.1) is 19.0 Å². The van der Waals surface area contributed by atoms with Gasteiger partial charge >= 0.3 is 6.03 Å². The summed E-state index contributed by atoms with van der Waals surface area (Å²) in [6.07, 6.45) is 7.35. The zero-order valence-corrected chi connectivity index (χ0v) is 15.8. The third-order valence-corrected chi connectivity index (χ3v) is 5.14. The molecule has 8 nitrogen and oxygen atoms in total. The summed E-state index contributed by atoms with van der Waals surface area (Å²) in [6, 6.07) is 7.69. The fourth-order valence-corrected chi connectivity index (χ4v) is 3.62. The van der Waals surface area contributed by atoms with Crippen molar-refractivity contribution in [2.45, 2.75) is 25.3 Å². The molecule has 28 heavy (non-hydrogen) atoms. The average Bonchev–Trinajstić information content (AvgIpc) is 3.44. The molecule has 8 heteroatoms. The van der Waals surface area contributed by atoms with E-state index >= 15 is 0 Å². The summed E-state index contributed by atoms with van der Waals surface area (Å²) in [5, 5.41) is 10.2. The first-order chi connectivity index (χ1) is 13.7. The summed E-state index contributed by atoms with van der Waals surface area (Å²) in [4.78, 5) is 22.0. The SMILES string of the molecule is COc1ccc(-c2[nH]ncc2CNC(=O)N2CCC[C@@H](c3ncc[nH]3)C2)cc1. The lowest BCUT2D eigenvalue weighted by Crippen LogP contribution is -2.44. The number of carbonyl (C=O) groups is 1. The second-order valence-corrected chi connectivity index (χ2v) is 6.92. The molecule has 1 aliphatic heterocycles. The van der Waals surface area contributed by atoms with Gasteiger partial charge in [0.2, 0.25) is 0 Å². The minimum absolute atomic E-state index is 0.0573. The highest BCUT2D eigenvalue weighted by molar-refractivity contribution is 5.75. The van der Waals surface area contributed by atoms with Crippen LogP contribution in [0.1, 0.15) is 30.1 Å². The Hall–Kier alpha value is -3.29. The van der Waals surface area contributed by atoms with E-state index in [0.717, 1.165) is 47.8 Å². The van der Waals surface area contributed by atoms with Crippen LogP contribution in [0.15, 0.2) is 42.9 Å². The molecule has 0 aliphatic carbocycles. The largest absolute Gasteiger partial charge is 0.497 e. The second-order valence-electron chi connectivity index (χ2n) is 6.92. The molecule has 3 N–H and O–H groups in total. The highest BCUT2D eigenvalue weighted by Crippen LogP contribution is 2.25. The Morgan fingerprint density at radius 3 is 2.96 bits per heavy atom. The molecule has 0 spiro atoms. The summed E-state index contributed by atoms with van der Waals surface area (Å²) in [5.74, 6) is 2.02. The third-order valence-electron chi connectivity index (χ3n) is 5.14. The molecule has 1 saturated heterocycles. The quantitative estimate of drug-likeness (QED) is 0.634. The van der Waals surface area contributed by atoms with Gasteiger partial charge in [-0.05, 0) is 37.1 Å². The summed E-state index contributed by atoms with van der Waals surface area (Å²) in [7, 11) is 1.64. The van der Waals surface area contributed by atoms with E-state index in [1.165, 1.54) is 0 Å². The number of hydrogen-bond acceptors (Lipinski definition) is 4. The minimum atomic E-state index is -0.0573. The number of hydrogen-bond donors (Lipinski definition) is 3. The molecule has 2 amide bonds. The van der Waals surface area contributed by atoms with Crippen LogP contribution in [-0.4, -0.2) is 51.3 Å². The van der Waals surface area contributed by atoms with Crippen LogP contribution in [0.4, 0.5) is 4.79 Å². The summed E-state index contributed by atoms with van der Waals surface area (Å²) < 4.78 is 5.20. The molecular weight excluding hydrogens is 356 g/mol. The Balaban J connectivity index is 1.38. The first-order valence-electron chi connectivity index (χ1n) is 9.43. The predicted octanol–water partition coefficient (Wildman–Crippen LogP) is 2.90. The Bertz CT molecular complexity index is 903. The summed E-state index contributed by atoms with van der Waals surface area (Å²) >= 11 is 0. The smallest absolute Gasteiger partial charge is 0.317 e. The van der Waals surface area contributed by atoms with Gasteiger partial charge in [-0.25, -0.2) is 9.78 Å². The lowest BCUT2D eigenvalue weighted by molar-refractivity contribution is 0.178. The van der Waals surface area contributed by atoms with E-state index in [1.807, 2.05) is 35.4 Å². The lowest BCUT2D eigenvalue weighted by atomic mass is 9.98. The number of benzene rings is 1. The van der Waals surface area contributed by atoms with E-state index in [1.54, 1.807) is 19.5 Å². The van der Waals surface area contributed by atoms with E-state index in [-0.39, 0.29) is 11.9 Å². The normalized spacial score (nSPS) is 16.8. The average molecular weight is 380 g/mol. The van der Waals surface area contributed by atoms with Crippen LogP contribution in [0.5, 0.6) is 5.75 Å². The number of aromatic amines is 2. The van der Waals surface area contributed by atoms with Crippen molar-refractivity contribution in [3.8, 4) is 17.0 Å².